The number of carbonyl (C=O) groups excluding carboxylic acids is 1. The van der Waals surface area contributed by atoms with Gasteiger partial charge in [0.25, 0.3) is 11.6 Å². The number of rotatable bonds is 5. The smallest absolute Gasteiger partial charge is 0.328 e. The Morgan fingerprint density at radius 1 is 1.45 bits per heavy atom. The van der Waals surface area contributed by atoms with Gasteiger partial charge in [-0.2, -0.15) is 0 Å². The highest BCUT2D eigenvalue weighted by Crippen LogP contribution is 2.19. The van der Waals surface area contributed by atoms with Crippen LogP contribution < -0.4 is 5.32 Å². The van der Waals surface area contributed by atoms with E-state index in [0.717, 1.165) is 6.07 Å². The number of carboxylic acid groups (broad SMARTS) is 1. The summed E-state index contributed by atoms with van der Waals surface area (Å²) in [5.41, 5.74) is -0.300. The predicted molar refractivity (Wildman–Crippen MR) is 76.4 cm³/mol. The van der Waals surface area contributed by atoms with E-state index in [1.807, 2.05) is 0 Å². The molecular weight excluding hydrogens is 383 g/mol. The van der Waals surface area contributed by atoms with E-state index in [9.17, 15) is 24.8 Å². The minimum atomic E-state index is -1.49. The van der Waals surface area contributed by atoms with Gasteiger partial charge in [-0.3, -0.25) is 14.9 Å². The Hall–Kier alpha value is -1.75. The molecule has 2 atom stereocenters. The van der Waals surface area contributed by atoms with E-state index in [1.54, 1.807) is 22.6 Å². The van der Waals surface area contributed by atoms with Gasteiger partial charge in [-0.1, -0.05) is 0 Å². The number of nitrogens with one attached hydrogen (secondary N) is 1. The number of nitrogens with zero attached hydrogens (tertiary/aromatic N) is 1. The van der Waals surface area contributed by atoms with Gasteiger partial charge in [-0.25, -0.2) is 4.79 Å². The number of carboxylic acids is 1. The van der Waals surface area contributed by atoms with Crippen molar-refractivity contribution in [3.63, 3.8) is 0 Å². The Morgan fingerprint density at radius 2 is 2.05 bits per heavy atom. The number of amides is 1. The Morgan fingerprint density at radius 3 is 2.50 bits per heavy atom. The van der Waals surface area contributed by atoms with Gasteiger partial charge in [0.1, 0.15) is 0 Å². The molecule has 0 bridgehead atoms. The second kappa shape index (κ2) is 6.61. The predicted octanol–water partition coefficient (Wildman–Crippen LogP) is 0.763. The SMILES string of the molecule is CC(O)C(NC(=O)c1cc([N+](=O)[O-])ccc1I)C(=O)O. The van der Waals surface area contributed by atoms with Gasteiger partial charge >= 0.3 is 5.97 Å². The second-order valence-electron chi connectivity index (χ2n) is 3.95. The minimum absolute atomic E-state index is 0.0216. The van der Waals surface area contributed by atoms with Crippen LogP contribution in [-0.2, 0) is 4.79 Å². The summed E-state index contributed by atoms with van der Waals surface area (Å²) < 4.78 is 0.431. The summed E-state index contributed by atoms with van der Waals surface area (Å²) in [5.74, 6) is -2.19. The van der Waals surface area contributed by atoms with Crippen LogP contribution in [0, 0.1) is 13.7 Å². The highest BCUT2D eigenvalue weighted by Gasteiger charge is 2.26. The van der Waals surface area contributed by atoms with Crippen LogP contribution in [0.15, 0.2) is 18.2 Å². The van der Waals surface area contributed by atoms with Crippen molar-refractivity contribution in [1.29, 1.82) is 0 Å². The lowest BCUT2D eigenvalue weighted by Gasteiger charge is -2.17. The van der Waals surface area contributed by atoms with E-state index in [0.29, 0.717) is 3.57 Å². The summed E-state index contributed by atoms with van der Waals surface area (Å²) in [4.78, 5) is 32.8. The molecule has 108 valence electrons. The van der Waals surface area contributed by atoms with E-state index >= 15 is 0 Å². The third kappa shape index (κ3) is 3.87. The molecule has 0 fully saturated rings. The molecule has 20 heavy (non-hydrogen) atoms. The van der Waals surface area contributed by atoms with Gasteiger partial charge in [-0.15, -0.1) is 0 Å². The maximum atomic E-state index is 11.9. The number of nitro benzene ring substituents is 1. The molecule has 0 heterocycles. The first-order valence-electron chi connectivity index (χ1n) is 5.39. The number of non-ortho nitro benzene ring substituents is 1. The van der Waals surface area contributed by atoms with Crippen molar-refractivity contribution in [2.75, 3.05) is 0 Å². The van der Waals surface area contributed by atoms with Crippen LogP contribution in [0.2, 0.25) is 0 Å². The molecule has 1 aromatic carbocycles. The van der Waals surface area contributed by atoms with Gasteiger partial charge in [-0.05, 0) is 35.6 Å². The van der Waals surface area contributed by atoms with Gasteiger partial charge < -0.3 is 15.5 Å². The normalized spacial score (nSPS) is 13.3. The molecule has 0 aromatic heterocycles. The topological polar surface area (TPSA) is 130 Å². The zero-order chi connectivity index (χ0) is 15.4. The number of hydrogen-bond donors (Lipinski definition) is 3. The number of aliphatic hydroxyl groups excluding tert-OH is 1. The van der Waals surface area contributed by atoms with Crippen LogP contribution in [0.3, 0.4) is 0 Å². The van der Waals surface area contributed by atoms with Crippen LogP contribution in [0.1, 0.15) is 17.3 Å². The first-order chi connectivity index (χ1) is 9.23. The molecule has 0 aliphatic rings. The number of aliphatic hydroxyl groups is 1. The van der Waals surface area contributed by atoms with Crippen molar-refractivity contribution >= 4 is 40.2 Å². The molecule has 1 amide bonds. The maximum Gasteiger partial charge on any atom is 0.328 e. The minimum Gasteiger partial charge on any atom is -0.480 e. The van der Waals surface area contributed by atoms with Crippen LogP contribution in [-0.4, -0.2) is 39.2 Å². The summed E-state index contributed by atoms with van der Waals surface area (Å²) >= 11 is 1.80. The second-order valence-corrected chi connectivity index (χ2v) is 5.11. The highest BCUT2D eigenvalue weighted by molar-refractivity contribution is 14.1. The van der Waals surface area contributed by atoms with Crippen LogP contribution in [0.5, 0.6) is 0 Å². The fraction of sp³-hybridized carbons (Fsp3) is 0.273. The number of carbonyl (C=O) groups is 2. The number of benzene rings is 1. The van der Waals surface area contributed by atoms with E-state index in [1.165, 1.54) is 19.1 Å². The number of halogens is 1. The lowest BCUT2D eigenvalue weighted by molar-refractivity contribution is -0.384. The Labute approximate surface area is 127 Å². The summed E-state index contributed by atoms with van der Waals surface area (Å²) in [6.45, 7) is 1.22. The number of nitro groups is 1. The standard InChI is InChI=1S/C11H11IN2O6/c1-5(15)9(11(17)18)13-10(16)7-4-6(14(19)20)2-3-8(7)12/h2-5,9,15H,1H3,(H,13,16)(H,17,18). The van der Waals surface area contributed by atoms with Gasteiger partial charge in [0.05, 0.1) is 16.6 Å². The third-order valence-electron chi connectivity index (χ3n) is 2.44. The van der Waals surface area contributed by atoms with Crippen molar-refractivity contribution in [1.82, 2.24) is 5.32 Å². The molecule has 0 aliphatic heterocycles. The van der Waals surface area contributed by atoms with E-state index in [4.69, 9.17) is 5.11 Å². The summed E-state index contributed by atoms with van der Waals surface area (Å²) in [7, 11) is 0. The molecule has 9 heteroatoms. The molecular formula is C11H11IN2O6. The summed E-state index contributed by atoms with van der Waals surface area (Å²) in [6.07, 6.45) is -1.30. The van der Waals surface area contributed by atoms with Crippen molar-refractivity contribution in [2.45, 2.75) is 19.1 Å². The molecule has 2 unspecified atom stereocenters. The quantitative estimate of drug-likeness (QED) is 0.384. The third-order valence-corrected chi connectivity index (χ3v) is 3.38. The van der Waals surface area contributed by atoms with Gasteiger partial charge in [0, 0.05) is 15.7 Å². The molecule has 0 aliphatic carbocycles. The fourth-order valence-corrected chi connectivity index (χ4v) is 1.99. The molecule has 0 saturated heterocycles. The summed E-state index contributed by atoms with van der Waals surface area (Å²) in [5, 5.41) is 30.9. The summed E-state index contributed by atoms with van der Waals surface area (Å²) in [6, 6.07) is 2.18. The average molecular weight is 394 g/mol. The first-order valence-corrected chi connectivity index (χ1v) is 6.47. The fourth-order valence-electron chi connectivity index (χ4n) is 1.41. The van der Waals surface area contributed by atoms with Crippen molar-refractivity contribution in [3.8, 4) is 0 Å². The van der Waals surface area contributed by atoms with E-state index < -0.39 is 28.9 Å². The van der Waals surface area contributed by atoms with Crippen LogP contribution in [0.25, 0.3) is 0 Å². The molecule has 1 rings (SSSR count). The Bertz CT molecular complexity index is 560. The zero-order valence-electron chi connectivity index (χ0n) is 10.2. The Kier molecular flexibility index (Phi) is 5.39. The van der Waals surface area contributed by atoms with E-state index in [-0.39, 0.29) is 11.3 Å². The molecule has 0 radical (unpaired) electrons. The molecule has 3 N–H and O–H groups in total. The first kappa shape index (κ1) is 16.3. The highest BCUT2D eigenvalue weighted by atomic mass is 127. The molecule has 0 saturated carbocycles. The number of aliphatic carboxylic acids is 1. The van der Waals surface area contributed by atoms with Gasteiger partial charge in [0.15, 0.2) is 6.04 Å². The molecule has 0 spiro atoms. The lowest BCUT2D eigenvalue weighted by Crippen LogP contribution is -2.47. The number of hydrogen-bond acceptors (Lipinski definition) is 5. The largest absolute Gasteiger partial charge is 0.480 e. The van der Waals surface area contributed by atoms with E-state index in [2.05, 4.69) is 5.32 Å². The zero-order valence-corrected chi connectivity index (χ0v) is 12.4. The van der Waals surface area contributed by atoms with Crippen molar-refractivity contribution in [2.24, 2.45) is 0 Å². The molecule has 1 aromatic rings. The Balaban J connectivity index is 3.05. The van der Waals surface area contributed by atoms with Gasteiger partial charge in [0.2, 0.25) is 0 Å². The molecule has 8 nitrogen and oxygen atoms in total. The monoisotopic (exact) mass is 394 g/mol. The maximum absolute atomic E-state index is 11.9. The van der Waals surface area contributed by atoms with Crippen LogP contribution >= 0.6 is 22.6 Å². The van der Waals surface area contributed by atoms with Crippen molar-refractivity contribution in [3.05, 3.63) is 37.4 Å². The van der Waals surface area contributed by atoms with Crippen molar-refractivity contribution < 1.29 is 24.7 Å². The lowest BCUT2D eigenvalue weighted by atomic mass is 10.1. The van der Waals surface area contributed by atoms with Crippen LogP contribution in [0.4, 0.5) is 5.69 Å². The average Bonchev–Trinajstić information content (AvgIpc) is 2.34.